The third-order valence-electron chi connectivity index (χ3n) is 4.67. The first-order chi connectivity index (χ1) is 13.8. The van der Waals surface area contributed by atoms with Gasteiger partial charge in [0.05, 0.1) is 12.8 Å². The molecule has 1 amide bonds. The number of ether oxygens (including phenoxy) is 1. The minimum absolute atomic E-state index is 0.0117. The second kappa shape index (κ2) is 8.22. The van der Waals surface area contributed by atoms with E-state index in [0.29, 0.717) is 17.2 Å². The molecule has 0 bridgehead atoms. The van der Waals surface area contributed by atoms with Crippen molar-refractivity contribution < 1.29 is 13.9 Å². The standard InChI is InChI=1S/C21H24N4O4/c1-12-9-16(14(3)29-12)18-10-17(22)21(27)25(24-18)13(2)20(26)23-11-15-7-5-6-8-19(15)28-4/h5-10,13H,11,22H2,1-4H3,(H,23,26). The molecule has 0 spiro atoms. The summed E-state index contributed by atoms with van der Waals surface area (Å²) >= 11 is 0. The molecule has 1 atom stereocenters. The Morgan fingerprint density at radius 1 is 1.31 bits per heavy atom. The Bertz CT molecular complexity index is 1100. The van der Waals surface area contributed by atoms with E-state index in [1.807, 2.05) is 37.3 Å². The fourth-order valence-corrected chi connectivity index (χ4v) is 3.10. The molecule has 0 radical (unpaired) electrons. The second-order valence-electron chi connectivity index (χ2n) is 6.77. The summed E-state index contributed by atoms with van der Waals surface area (Å²) < 4.78 is 11.9. The van der Waals surface area contributed by atoms with Crippen molar-refractivity contribution in [3.63, 3.8) is 0 Å². The number of hydrogen-bond acceptors (Lipinski definition) is 6. The van der Waals surface area contributed by atoms with Crippen LogP contribution in [0.25, 0.3) is 11.3 Å². The van der Waals surface area contributed by atoms with Crippen LogP contribution in [0.4, 0.5) is 5.69 Å². The quantitative estimate of drug-likeness (QED) is 0.662. The Morgan fingerprint density at radius 2 is 2.03 bits per heavy atom. The highest BCUT2D eigenvalue weighted by Crippen LogP contribution is 2.25. The number of anilines is 1. The van der Waals surface area contributed by atoms with Gasteiger partial charge < -0.3 is 20.2 Å². The van der Waals surface area contributed by atoms with Crippen LogP contribution in [0.3, 0.4) is 0 Å². The number of carbonyl (C=O) groups excluding carboxylic acids is 1. The SMILES string of the molecule is COc1ccccc1CNC(=O)C(C)n1nc(-c2cc(C)oc2C)cc(N)c1=O. The molecule has 0 saturated heterocycles. The minimum Gasteiger partial charge on any atom is -0.496 e. The number of methoxy groups -OCH3 is 1. The van der Waals surface area contributed by atoms with E-state index in [-0.39, 0.29) is 18.1 Å². The lowest BCUT2D eigenvalue weighted by molar-refractivity contribution is -0.124. The number of furan rings is 1. The van der Waals surface area contributed by atoms with Crippen molar-refractivity contribution in [2.75, 3.05) is 12.8 Å². The highest BCUT2D eigenvalue weighted by atomic mass is 16.5. The van der Waals surface area contributed by atoms with Crippen LogP contribution in [0.5, 0.6) is 5.75 Å². The monoisotopic (exact) mass is 396 g/mol. The Kier molecular flexibility index (Phi) is 5.72. The van der Waals surface area contributed by atoms with E-state index in [1.54, 1.807) is 21.0 Å². The van der Waals surface area contributed by atoms with Gasteiger partial charge in [0.2, 0.25) is 5.91 Å². The number of nitrogens with zero attached hydrogens (tertiary/aromatic N) is 2. The van der Waals surface area contributed by atoms with Gasteiger partial charge in [0.1, 0.15) is 29.0 Å². The summed E-state index contributed by atoms with van der Waals surface area (Å²) in [6.07, 6.45) is 0. The van der Waals surface area contributed by atoms with Gasteiger partial charge in [-0.25, -0.2) is 4.68 Å². The van der Waals surface area contributed by atoms with Gasteiger partial charge in [0.15, 0.2) is 0 Å². The van der Waals surface area contributed by atoms with Crippen LogP contribution in [0, 0.1) is 13.8 Å². The lowest BCUT2D eigenvalue weighted by Crippen LogP contribution is -2.37. The topological polar surface area (TPSA) is 112 Å². The molecule has 3 aromatic rings. The molecule has 1 unspecified atom stereocenters. The highest BCUT2D eigenvalue weighted by molar-refractivity contribution is 5.80. The summed E-state index contributed by atoms with van der Waals surface area (Å²) in [5.74, 6) is 1.70. The van der Waals surface area contributed by atoms with E-state index in [4.69, 9.17) is 14.9 Å². The van der Waals surface area contributed by atoms with E-state index < -0.39 is 11.6 Å². The number of aromatic nitrogens is 2. The molecule has 0 aliphatic heterocycles. The number of nitrogens with one attached hydrogen (secondary N) is 1. The van der Waals surface area contributed by atoms with Crippen LogP contribution in [0.15, 0.2) is 45.6 Å². The number of nitrogen functional groups attached to an aromatic ring is 1. The summed E-state index contributed by atoms with van der Waals surface area (Å²) in [6.45, 7) is 5.49. The smallest absolute Gasteiger partial charge is 0.290 e. The van der Waals surface area contributed by atoms with Crippen molar-refractivity contribution in [1.82, 2.24) is 15.1 Å². The van der Waals surface area contributed by atoms with Gasteiger partial charge in [-0.1, -0.05) is 18.2 Å². The van der Waals surface area contributed by atoms with Crippen LogP contribution >= 0.6 is 0 Å². The Balaban J connectivity index is 1.86. The first-order valence-electron chi connectivity index (χ1n) is 9.18. The number of aryl methyl sites for hydroxylation is 2. The van der Waals surface area contributed by atoms with E-state index in [1.165, 1.54) is 6.07 Å². The van der Waals surface area contributed by atoms with Gasteiger partial charge in [0, 0.05) is 17.7 Å². The van der Waals surface area contributed by atoms with E-state index >= 15 is 0 Å². The van der Waals surface area contributed by atoms with Crippen LogP contribution in [-0.4, -0.2) is 22.8 Å². The summed E-state index contributed by atoms with van der Waals surface area (Å²) in [6, 6.07) is 9.84. The number of benzene rings is 1. The zero-order valence-electron chi connectivity index (χ0n) is 16.9. The first-order valence-corrected chi connectivity index (χ1v) is 9.18. The second-order valence-corrected chi connectivity index (χ2v) is 6.77. The zero-order valence-corrected chi connectivity index (χ0v) is 16.9. The van der Waals surface area contributed by atoms with Gasteiger partial charge in [-0.15, -0.1) is 0 Å². The van der Waals surface area contributed by atoms with Gasteiger partial charge in [-0.3, -0.25) is 9.59 Å². The zero-order chi connectivity index (χ0) is 21.1. The molecule has 2 heterocycles. The van der Waals surface area contributed by atoms with Crippen molar-refractivity contribution in [3.05, 3.63) is 63.8 Å². The lowest BCUT2D eigenvalue weighted by Gasteiger charge is -2.16. The number of hydrogen-bond donors (Lipinski definition) is 2. The number of amides is 1. The molecule has 29 heavy (non-hydrogen) atoms. The van der Waals surface area contributed by atoms with Gasteiger partial charge in [-0.05, 0) is 39.0 Å². The predicted molar refractivity (Wildman–Crippen MR) is 110 cm³/mol. The maximum Gasteiger partial charge on any atom is 0.290 e. The molecule has 2 aromatic heterocycles. The minimum atomic E-state index is -0.854. The van der Waals surface area contributed by atoms with Crippen LogP contribution in [0.1, 0.15) is 30.0 Å². The van der Waals surface area contributed by atoms with Gasteiger partial charge >= 0.3 is 0 Å². The van der Waals surface area contributed by atoms with E-state index in [2.05, 4.69) is 10.4 Å². The lowest BCUT2D eigenvalue weighted by atomic mass is 10.1. The molecular weight excluding hydrogens is 372 g/mol. The first kappa shape index (κ1) is 20.2. The number of rotatable bonds is 6. The third-order valence-corrected chi connectivity index (χ3v) is 4.67. The maximum atomic E-state index is 12.7. The van der Waals surface area contributed by atoms with Crippen molar-refractivity contribution in [1.29, 1.82) is 0 Å². The van der Waals surface area contributed by atoms with Crippen molar-refractivity contribution in [2.24, 2.45) is 0 Å². The molecule has 0 aliphatic rings. The molecular formula is C21H24N4O4. The Labute approximate surface area is 168 Å². The fraction of sp³-hybridized carbons (Fsp3) is 0.286. The van der Waals surface area contributed by atoms with Crippen molar-refractivity contribution in [2.45, 2.75) is 33.4 Å². The summed E-state index contributed by atoms with van der Waals surface area (Å²) in [7, 11) is 1.57. The van der Waals surface area contributed by atoms with Gasteiger partial charge in [0.25, 0.3) is 5.56 Å². The molecule has 1 aromatic carbocycles. The van der Waals surface area contributed by atoms with Crippen LogP contribution < -0.4 is 21.3 Å². The molecule has 0 aliphatic carbocycles. The molecule has 3 N–H and O–H groups in total. The van der Waals surface area contributed by atoms with Crippen molar-refractivity contribution in [3.8, 4) is 17.0 Å². The predicted octanol–water partition coefficient (Wildman–Crippen LogP) is 2.59. The van der Waals surface area contributed by atoms with Crippen LogP contribution in [-0.2, 0) is 11.3 Å². The number of carbonyl (C=O) groups is 1. The molecule has 0 fully saturated rings. The number of para-hydroxylation sites is 1. The number of nitrogens with two attached hydrogens (primary N) is 1. The van der Waals surface area contributed by atoms with E-state index in [9.17, 15) is 9.59 Å². The molecule has 3 rings (SSSR count). The molecule has 152 valence electrons. The average Bonchev–Trinajstić information content (AvgIpc) is 3.05. The highest BCUT2D eigenvalue weighted by Gasteiger charge is 2.21. The Morgan fingerprint density at radius 3 is 2.69 bits per heavy atom. The third kappa shape index (κ3) is 4.16. The maximum absolute atomic E-state index is 12.7. The summed E-state index contributed by atoms with van der Waals surface area (Å²) in [4.78, 5) is 25.2. The largest absolute Gasteiger partial charge is 0.496 e. The normalized spacial score (nSPS) is 11.9. The fourth-order valence-electron chi connectivity index (χ4n) is 3.10. The summed E-state index contributed by atoms with van der Waals surface area (Å²) in [5.41, 5.74) is 7.42. The molecule has 8 nitrogen and oxygen atoms in total. The average molecular weight is 396 g/mol. The van der Waals surface area contributed by atoms with E-state index in [0.717, 1.165) is 21.6 Å². The summed E-state index contributed by atoms with van der Waals surface area (Å²) in [5, 5.41) is 7.18. The Hall–Kier alpha value is -3.55. The van der Waals surface area contributed by atoms with Gasteiger partial charge in [-0.2, -0.15) is 5.10 Å². The van der Waals surface area contributed by atoms with Crippen LogP contribution in [0.2, 0.25) is 0 Å². The molecule has 0 saturated carbocycles. The molecule has 8 heteroatoms. The van der Waals surface area contributed by atoms with Crippen molar-refractivity contribution >= 4 is 11.6 Å².